The highest BCUT2D eigenvalue weighted by atomic mass is 16.6. The van der Waals surface area contributed by atoms with Crippen LogP contribution in [0.5, 0.6) is 0 Å². The van der Waals surface area contributed by atoms with Crippen LogP contribution in [0.4, 0.5) is 0 Å². The van der Waals surface area contributed by atoms with Crippen LogP contribution < -0.4 is 11.1 Å². The molecule has 3 N–H and O–H groups in total. The number of fused-ring (bicyclic) bond motifs is 1. The van der Waals surface area contributed by atoms with Crippen LogP contribution in [0.25, 0.3) is 5.65 Å². The van der Waals surface area contributed by atoms with E-state index in [4.69, 9.17) is 15.2 Å². The third kappa shape index (κ3) is 5.75. The van der Waals surface area contributed by atoms with E-state index in [-0.39, 0.29) is 24.7 Å². The second-order valence-corrected chi connectivity index (χ2v) is 8.50. The van der Waals surface area contributed by atoms with Crippen molar-refractivity contribution in [2.24, 2.45) is 5.73 Å². The van der Waals surface area contributed by atoms with Gasteiger partial charge in [-0.2, -0.15) is 0 Å². The average molecular weight is 415 g/mol. The molecule has 2 heterocycles. The molecule has 0 amide bonds. The van der Waals surface area contributed by atoms with E-state index in [0.717, 1.165) is 5.65 Å². The molecule has 0 bridgehead atoms. The van der Waals surface area contributed by atoms with Crippen molar-refractivity contribution in [3.8, 4) is 0 Å². The van der Waals surface area contributed by atoms with Gasteiger partial charge < -0.3 is 24.9 Å². The number of pyridine rings is 1. The number of ether oxygens (including phenoxy) is 2. The number of hydrogen-bond acceptors (Lipinski definition) is 7. The Morgan fingerprint density at radius 2 is 2.07 bits per heavy atom. The minimum Gasteiger partial charge on any atom is -0.466 e. The topological polar surface area (TPSA) is 108 Å². The fourth-order valence-electron chi connectivity index (χ4n) is 3.08. The van der Waals surface area contributed by atoms with Gasteiger partial charge in [-0.05, 0) is 58.1 Å². The first kappa shape index (κ1) is 21.7. The molecule has 0 spiro atoms. The van der Waals surface area contributed by atoms with Crippen molar-refractivity contribution in [2.45, 2.75) is 64.5 Å². The third-order valence-electron chi connectivity index (χ3n) is 4.65. The molecule has 0 aliphatic heterocycles. The number of carbonyl (C=O) groups excluding carboxylic acids is 2. The maximum absolute atomic E-state index is 12.1. The minimum absolute atomic E-state index is 0.0469. The van der Waals surface area contributed by atoms with Gasteiger partial charge in [0.05, 0.1) is 24.8 Å². The standard InChI is InChI=1S/C22H30N4O4/c1-5-29-20(27)10-17(24-11-16(23)21(28)30-22(2,3)4)18-13-26-12-15(14-6-7-14)8-9-19(26)25-18/h8-9,11-14,17,24H,5-7,10,23H2,1-4H3/b16-11-. The summed E-state index contributed by atoms with van der Waals surface area (Å²) in [5.41, 5.74) is 7.85. The number of esters is 2. The highest BCUT2D eigenvalue weighted by molar-refractivity contribution is 5.87. The van der Waals surface area contributed by atoms with Gasteiger partial charge in [-0.1, -0.05) is 6.07 Å². The lowest BCUT2D eigenvalue weighted by molar-refractivity contribution is -0.150. The molecule has 2 aromatic heterocycles. The minimum atomic E-state index is -0.652. The highest BCUT2D eigenvalue weighted by Gasteiger charge is 2.25. The summed E-state index contributed by atoms with van der Waals surface area (Å²) in [5, 5.41) is 3.04. The van der Waals surface area contributed by atoms with Crippen LogP contribution in [0.2, 0.25) is 0 Å². The Kier molecular flexibility index (Phi) is 6.34. The van der Waals surface area contributed by atoms with Crippen LogP contribution in [0.3, 0.4) is 0 Å². The Hall–Kier alpha value is -3.03. The number of nitrogens with two attached hydrogens (primary N) is 1. The molecule has 1 unspecified atom stereocenters. The molecule has 1 atom stereocenters. The fraction of sp³-hybridized carbons (Fsp3) is 0.500. The second kappa shape index (κ2) is 8.77. The summed E-state index contributed by atoms with van der Waals surface area (Å²) in [4.78, 5) is 28.9. The van der Waals surface area contributed by atoms with Gasteiger partial charge in [-0.3, -0.25) is 4.79 Å². The van der Waals surface area contributed by atoms with Gasteiger partial charge in [0.15, 0.2) is 0 Å². The summed E-state index contributed by atoms with van der Waals surface area (Å²) >= 11 is 0. The van der Waals surface area contributed by atoms with Crippen LogP contribution in [0.15, 0.2) is 36.4 Å². The first-order valence-electron chi connectivity index (χ1n) is 10.3. The summed E-state index contributed by atoms with van der Waals surface area (Å²) in [5.74, 6) is -0.366. The molecule has 30 heavy (non-hydrogen) atoms. The quantitative estimate of drug-likeness (QED) is 0.505. The number of aromatic nitrogens is 2. The Morgan fingerprint density at radius 1 is 1.33 bits per heavy atom. The second-order valence-electron chi connectivity index (χ2n) is 8.50. The third-order valence-corrected chi connectivity index (χ3v) is 4.65. The van der Waals surface area contributed by atoms with Crippen molar-refractivity contribution in [3.63, 3.8) is 0 Å². The molecule has 1 aliphatic rings. The molecule has 1 saturated carbocycles. The van der Waals surface area contributed by atoms with Crippen LogP contribution in [0, 0.1) is 0 Å². The molecule has 0 radical (unpaired) electrons. The summed E-state index contributed by atoms with van der Waals surface area (Å²) in [6.45, 7) is 7.34. The Labute approximate surface area is 176 Å². The van der Waals surface area contributed by atoms with E-state index in [2.05, 4.69) is 22.6 Å². The molecule has 0 saturated heterocycles. The Balaban J connectivity index is 1.81. The molecule has 2 aromatic rings. The lowest BCUT2D eigenvalue weighted by Crippen LogP contribution is -2.29. The Morgan fingerprint density at radius 3 is 2.70 bits per heavy atom. The summed E-state index contributed by atoms with van der Waals surface area (Å²) in [6, 6.07) is 3.57. The molecule has 8 nitrogen and oxygen atoms in total. The fourth-order valence-corrected chi connectivity index (χ4v) is 3.08. The van der Waals surface area contributed by atoms with E-state index in [0.29, 0.717) is 11.6 Å². The van der Waals surface area contributed by atoms with Crippen LogP contribution in [0.1, 0.15) is 70.2 Å². The number of imidazole rings is 1. The van der Waals surface area contributed by atoms with Crippen molar-refractivity contribution in [1.29, 1.82) is 0 Å². The van der Waals surface area contributed by atoms with Crippen molar-refractivity contribution in [1.82, 2.24) is 14.7 Å². The predicted octanol–water partition coefficient (Wildman–Crippen LogP) is 2.94. The van der Waals surface area contributed by atoms with Crippen molar-refractivity contribution in [3.05, 3.63) is 47.7 Å². The maximum Gasteiger partial charge on any atom is 0.356 e. The molecule has 162 valence electrons. The van der Waals surface area contributed by atoms with Gasteiger partial charge in [0.25, 0.3) is 0 Å². The average Bonchev–Trinajstić information content (AvgIpc) is 3.42. The van der Waals surface area contributed by atoms with Crippen molar-refractivity contribution >= 4 is 17.6 Å². The number of rotatable bonds is 8. The maximum atomic E-state index is 12.1. The lowest BCUT2D eigenvalue weighted by Gasteiger charge is -2.20. The largest absolute Gasteiger partial charge is 0.466 e. The van der Waals surface area contributed by atoms with E-state index in [1.54, 1.807) is 27.7 Å². The zero-order valence-electron chi connectivity index (χ0n) is 18.0. The SMILES string of the molecule is CCOC(=O)CC(N/C=C(\N)C(=O)OC(C)(C)C)c1cn2cc(C3CC3)ccc2n1. The van der Waals surface area contributed by atoms with Crippen LogP contribution >= 0.6 is 0 Å². The monoisotopic (exact) mass is 414 g/mol. The molecular weight excluding hydrogens is 384 g/mol. The van der Waals surface area contributed by atoms with Gasteiger partial charge >= 0.3 is 11.9 Å². The number of hydrogen-bond donors (Lipinski definition) is 2. The number of nitrogens with zero attached hydrogens (tertiary/aromatic N) is 2. The van der Waals surface area contributed by atoms with E-state index in [9.17, 15) is 9.59 Å². The smallest absolute Gasteiger partial charge is 0.356 e. The normalized spacial score (nSPS) is 15.7. The zero-order valence-corrected chi connectivity index (χ0v) is 18.0. The van der Waals surface area contributed by atoms with E-state index in [1.807, 2.05) is 16.7 Å². The van der Waals surface area contributed by atoms with Crippen LogP contribution in [-0.2, 0) is 19.1 Å². The molecule has 1 aliphatic carbocycles. The van der Waals surface area contributed by atoms with E-state index >= 15 is 0 Å². The first-order valence-corrected chi connectivity index (χ1v) is 10.3. The van der Waals surface area contributed by atoms with Crippen molar-refractivity contribution < 1.29 is 19.1 Å². The molecule has 1 fully saturated rings. The van der Waals surface area contributed by atoms with Crippen molar-refractivity contribution in [2.75, 3.05) is 6.61 Å². The molecule has 3 rings (SSSR count). The molecule has 0 aromatic carbocycles. The summed E-state index contributed by atoms with van der Waals surface area (Å²) < 4.78 is 12.3. The molecular formula is C22H30N4O4. The van der Waals surface area contributed by atoms with Gasteiger partial charge in [0, 0.05) is 18.6 Å². The summed E-state index contributed by atoms with van der Waals surface area (Å²) in [6.07, 6.45) is 7.80. The van der Waals surface area contributed by atoms with E-state index < -0.39 is 17.6 Å². The Bertz CT molecular complexity index is 954. The first-order chi connectivity index (χ1) is 14.2. The lowest BCUT2D eigenvalue weighted by atomic mass is 10.1. The van der Waals surface area contributed by atoms with Gasteiger partial charge in [0.2, 0.25) is 0 Å². The van der Waals surface area contributed by atoms with Gasteiger partial charge in [-0.15, -0.1) is 0 Å². The predicted molar refractivity (Wildman–Crippen MR) is 112 cm³/mol. The van der Waals surface area contributed by atoms with E-state index in [1.165, 1.54) is 24.6 Å². The zero-order chi connectivity index (χ0) is 21.9. The summed E-state index contributed by atoms with van der Waals surface area (Å²) in [7, 11) is 0. The van der Waals surface area contributed by atoms with Gasteiger partial charge in [0.1, 0.15) is 16.9 Å². The number of carbonyl (C=O) groups is 2. The van der Waals surface area contributed by atoms with Gasteiger partial charge in [-0.25, -0.2) is 9.78 Å². The molecule has 8 heteroatoms. The number of nitrogens with one attached hydrogen (secondary N) is 1. The highest BCUT2D eigenvalue weighted by Crippen LogP contribution is 2.40. The van der Waals surface area contributed by atoms with Crippen LogP contribution in [-0.4, -0.2) is 33.5 Å².